The number of nitrogens with one attached hydrogen (secondary N) is 1. The van der Waals surface area contributed by atoms with E-state index in [-0.39, 0.29) is 41.8 Å². The Bertz CT molecular complexity index is 634. The van der Waals surface area contributed by atoms with Crippen LogP contribution in [0.3, 0.4) is 0 Å². The first-order valence-electron chi connectivity index (χ1n) is 9.38. The van der Waals surface area contributed by atoms with Crippen molar-refractivity contribution in [3.63, 3.8) is 0 Å². The van der Waals surface area contributed by atoms with Gasteiger partial charge in [0, 0.05) is 5.54 Å². The highest BCUT2D eigenvalue weighted by atomic mass is 35.5. The van der Waals surface area contributed by atoms with Gasteiger partial charge in [0.05, 0.1) is 18.6 Å². The van der Waals surface area contributed by atoms with Gasteiger partial charge in [0.25, 0.3) is 0 Å². The van der Waals surface area contributed by atoms with E-state index in [1.807, 2.05) is 19.9 Å². The Balaban J connectivity index is 0.00000243. The number of rotatable bonds is 6. The molecule has 2 aliphatic rings. The van der Waals surface area contributed by atoms with Crippen molar-refractivity contribution in [3.05, 3.63) is 29.6 Å². The van der Waals surface area contributed by atoms with Crippen LogP contribution in [0.2, 0.25) is 0 Å². The van der Waals surface area contributed by atoms with Crippen LogP contribution in [0.15, 0.2) is 18.2 Å². The van der Waals surface area contributed by atoms with Gasteiger partial charge >= 0.3 is 0 Å². The molecule has 0 aromatic heterocycles. The van der Waals surface area contributed by atoms with Crippen LogP contribution in [-0.2, 0) is 4.79 Å². The lowest BCUT2D eigenvalue weighted by molar-refractivity contribution is -0.128. The van der Waals surface area contributed by atoms with Crippen LogP contribution in [0.25, 0.3) is 0 Å². The van der Waals surface area contributed by atoms with Crippen LogP contribution in [0.1, 0.15) is 64.0 Å². The highest BCUT2D eigenvalue weighted by Gasteiger charge is 2.38. The highest BCUT2D eigenvalue weighted by Crippen LogP contribution is 2.33. The molecule has 1 aromatic carbocycles. The summed E-state index contributed by atoms with van der Waals surface area (Å²) in [4.78, 5) is 12.6. The molecule has 2 aliphatic carbocycles. The summed E-state index contributed by atoms with van der Waals surface area (Å²) >= 11 is 0. The van der Waals surface area contributed by atoms with Crippen LogP contribution >= 0.6 is 12.4 Å². The van der Waals surface area contributed by atoms with E-state index in [4.69, 9.17) is 10.5 Å². The van der Waals surface area contributed by atoms with Crippen molar-refractivity contribution < 1.29 is 13.9 Å². The lowest BCUT2D eigenvalue weighted by Crippen LogP contribution is -2.53. The van der Waals surface area contributed by atoms with Crippen molar-refractivity contribution in [2.45, 2.75) is 64.0 Å². The molecular formula is C20H30ClFN2O2. The Labute approximate surface area is 161 Å². The molecule has 6 heteroatoms. The Morgan fingerprint density at radius 2 is 2.12 bits per heavy atom. The van der Waals surface area contributed by atoms with E-state index in [0.717, 1.165) is 31.2 Å². The van der Waals surface area contributed by atoms with Crippen molar-refractivity contribution in [1.29, 1.82) is 0 Å². The molecule has 3 unspecified atom stereocenters. The highest BCUT2D eigenvalue weighted by molar-refractivity contribution is 5.85. The van der Waals surface area contributed by atoms with E-state index in [9.17, 15) is 9.18 Å². The minimum Gasteiger partial charge on any atom is -0.490 e. The summed E-state index contributed by atoms with van der Waals surface area (Å²) in [5.74, 6) is 0.274. The number of carbonyl (C=O) groups is 1. The van der Waals surface area contributed by atoms with Crippen molar-refractivity contribution in [3.8, 4) is 5.75 Å². The standard InChI is InChI=1S/C20H29FN2O2.ClH/c1-13(23-19(24)16-5-3-4-10-20(16,2)22)15-8-9-18(17(21)11-15)25-12-14-6-7-14;/h8-9,11,13-14,16H,3-7,10,12,22H2,1-2H3,(H,23,24);1H. The van der Waals surface area contributed by atoms with E-state index in [1.54, 1.807) is 6.07 Å². The molecule has 0 bridgehead atoms. The minimum atomic E-state index is -0.464. The zero-order valence-electron chi connectivity index (χ0n) is 15.6. The predicted octanol–water partition coefficient (Wildman–Crippen LogP) is 4.12. The number of halogens is 2. The van der Waals surface area contributed by atoms with Gasteiger partial charge in [0.2, 0.25) is 5.91 Å². The minimum absolute atomic E-state index is 0. The fourth-order valence-corrected chi connectivity index (χ4v) is 3.58. The van der Waals surface area contributed by atoms with E-state index in [1.165, 1.54) is 18.9 Å². The van der Waals surface area contributed by atoms with Gasteiger partial charge in [0.1, 0.15) is 0 Å². The second kappa shape index (κ2) is 8.57. The zero-order chi connectivity index (χ0) is 18.0. The molecule has 0 radical (unpaired) electrons. The Morgan fingerprint density at radius 1 is 1.38 bits per heavy atom. The van der Waals surface area contributed by atoms with Gasteiger partial charge < -0.3 is 15.8 Å². The first-order chi connectivity index (χ1) is 11.9. The molecule has 3 rings (SSSR count). The van der Waals surface area contributed by atoms with Crippen LogP contribution in [0.4, 0.5) is 4.39 Å². The number of ether oxygens (including phenoxy) is 1. The van der Waals surface area contributed by atoms with Gasteiger partial charge in [-0.25, -0.2) is 4.39 Å². The molecule has 26 heavy (non-hydrogen) atoms. The maximum absolute atomic E-state index is 14.2. The summed E-state index contributed by atoms with van der Waals surface area (Å²) in [5, 5.41) is 3.00. The summed E-state index contributed by atoms with van der Waals surface area (Å²) in [7, 11) is 0. The Hall–Kier alpha value is -1.33. The Kier molecular flexibility index (Phi) is 6.92. The monoisotopic (exact) mass is 384 g/mol. The number of benzene rings is 1. The third-order valence-electron chi connectivity index (χ3n) is 5.56. The molecule has 0 heterocycles. The molecule has 4 nitrogen and oxygen atoms in total. The van der Waals surface area contributed by atoms with Gasteiger partial charge in [-0.3, -0.25) is 4.79 Å². The van der Waals surface area contributed by atoms with Crippen LogP contribution < -0.4 is 15.8 Å². The summed E-state index contributed by atoms with van der Waals surface area (Å²) in [6.07, 6.45) is 6.11. The topological polar surface area (TPSA) is 64.4 Å². The second-order valence-electron chi connectivity index (χ2n) is 7.98. The average molecular weight is 385 g/mol. The van der Waals surface area contributed by atoms with E-state index in [2.05, 4.69) is 5.32 Å². The van der Waals surface area contributed by atoms with Crippen LogP contribution in [0.5, 0.6) is 5.75 Å². The SMILES string of the molecule is CC(NC(=O)C1CCCCC1(C)N)c1ccc(OCC2CC2)c(F)c1.Cl. The average Bonchev–Trinajstić information content (AvgIpc) is 3.37. The Morgan fingerprint density at radius 3 is 2.73 bits per heavy atom. The fraction of sp³-hybridized carbons (Fsp3) is 0.650. The first-order valence-corrected chi connectivity index (χ1v) is 9.38. The lowest BCUT2D eigenvalue weighted by Gasteiger charge is -2.37. The summed E-state index contributed by atoms with van der Waals surface area (Å²) in [6, 6.07) is 4.66. The number of nitrogens with two attached hydrogens (primary N) is 1. The molecule has 146 valence electrons. The molecule has 3 N–H and O–H groups in total. The molecule has 0 aliphatic heterocycles. The van der Waals surface area contributed by atoms with Gasteiger partial charge in [-0.2, -0.15) is 0 Å². The number of amides is 1. The van der Waals surface area contributed by atoms with Gasteiger partial charge in [0.15, 0.2) is 11.6 Å². The quantitative estimate of drug-likeness (QED) is 0.775. The van der Waals surface area contributed by atoms with Crippen molar-refractivity contribution in [1.82, 2.24) is 5.32 Å². The molecule has 1 amide bonds. The fourth-order valence-electron chi connectivity index (χ4n) is 3.58. The molecule has 0 saturated heterocycles. The lowest BCUT2D eigenvalue weighted by atomic mass is 9.74. The van der Waals surface area contributed by atoms with Gasteiger partial charge in [-0.05, 0) is 63.1 Å². The third-order valence-corrected chi connectivity index (χ3v) is 5.56. The van der Waals surface area contributed by atoms with Crippen molar-refractivity contribution in [2.75, 3.05) is 6.61 Å². The first kappa shape index (κ1) is 21.0. The van der Waals surface area contributed by atoms with E-state index >= 15 is 0 Å². The smallest absolute Gasteiger partial charge is 0.225 e. The zero-order valence-corrected chi connectivity index (χ0v) is 16.4. The summed E-state index contributed by atoms with van der Waals surface area (Å²) in [6.45, 7) is 4.40. The third kappa shape index (κ3) is 5.10. The normalized spacial score (nSPS) is 26.5. The van der Waals surface area contributed by atoms with Crippen LogP contribution in [-0.4, -0.2) is 18.1 Å². The maximum Gasteiger partial charge on any atom is 0.225 e. The van der Waals surface area contributed by atoms with Crippen LogP contribution in [0, 0.1) is 17.7 Å². The molecule has 2 fully saturated rings. The molecule has 3 atom stereocenters. The molecular weight excluding hydrogens is 355 g/mol. The van der Waals surface area contributed by atoms with Gasteiger partial charge in [-0.1, -0.05) is 18.9 Å². The summed E-state index contributed by atoms with van der Waals surface area (Å²) in [5.41, 5.74) is 6.58. The summed E-state index contributed by atoms with van der Waals surface area (Å²) < 4.78 is 19.8. The number of hydrogen-bond acceptors (Lipinski definition) is 3. The molecule has 2 saturated carbocycles. The largest absolute Gasteiger partial charge is 0.490 e. The van der Waals surface area contributed by atoms with Crippen molar-refractivity contribution in [2.24, 2.45) is 17.6 Å². The maximum atomic E-state index is 14.2. The molecule has 1 aromatic rings. The van der Waals surface area contributed by atoms with Crippen molar-refractivity contribution >= 4 is 18.3 Å². The van der Waals surface area contributed by atoms with Gasteiger partial charge in [-0.15, -0.1) is 12.4 Å². The number of carbonyl (C=O) groups excluding carboxylic acids is 1. The molecule has 0 spiro atoms. The van der Waals surface area contributed by atoms with E-state index < -0.39 is 5.54 Å². The van der Waals surface area contributed by atoms with E-state index in [0.29, 0.717) is 12.5 Å². The number of hydrogen-bond donors (Lipinski definition) is 2. The predicted molar refractivity (Wildman–Crippen MR) is 103 cm³/mol. The second-order valence-corrected chi connectivity index (χ2v) is 7.98.